The second-order valence-corrected chi connectivity index (χ2v) is 16.1. The topological polar surface area (TPSA) is 172 Å². The van der Waals surface area contributed by atoms with E-state index in [1.807, 2.05) is 26.7 Å². The molecule has 5 aromatic rings. The average molecular weight is 846 g/mol. The number of nitrogens with one attached hydrogen (secondary N) is 2. The number of rotatable bonds is 12. The van der Waals surface area contributed by atoms with Crippen LogP contribution in [-0.2, 0) is 25.7 Å². The van der Waals surface area contributed by atoms with Gasteiger partial charge in [-0.25, -0.2) is 13.8 Å². The number of aromatic nitrogens is 4. The molecule has 62 heavy (non-hydrogen) atoms. The first kappa shape index (κ1) is 40.9. The van der Waals surface area contributed by atoms with Crippen LogP contribution in [0, 0.1) is 11.6 Å². The van der Waals surface area contributed by atoms with Gasteiger partial charge in [0, 0.05) is 80.7 Å². The highest BCUT2D eigenvalue weighted by Crippen LogP contribution is 2.34. The van der Waals surface area contributed by atoms with Crippen molar-refractivity contribution in [1.82, 2.24) is 39.8 Å². The maximum absolute atomic E-state index is 15.4. The number of amides is 5. The number of piperidine rings is 2. The highest BCUT2D eigenvalue weighted by Gasteiger charge is 2.45. The summed E-state index contributed by atoms with van der Waals surface area (Å²) in [6, 6.07) is 12.1. The third-order valence-corrected chi connectivity index (χ3v) is 12.2. The van der Waals surface area contributed by atoms with Gasteiger partial charge in [0.25, 0.3) is 11.8 Å². The number of hydrogen-bond acceptors (Lipinski definition) is 11. The number of halogens is 2. The Kier molecular flexibility index (Phi) is 11.5. The molecule has 1 unspecified atom stereocenters. The van der Waals surface area contributed by atoms with Crippen molar-refractivity contribution in [3.63, 3.8) is 0 Å². The van der Waals surface area contributed by atoms with Gasteiger partial charge in [-0.2, -0.15) is 5.10 Å². The van der Waals surface area contributed by atoms with Crippen molar-refractivity contribution in [3.05, 3.63) is 95.4 Å². The minimum absolute atomic E-state index is 0.0338. The number of likely N-dealkylation sites (tertiary alicyclic amines) is 1. The van der Waals surface area contributed by atoms with E-state index < -0.39 is 41.3 Å². The van der Waals surface area contributed by atoms with E-state index in [1.165, 1.54) is 12.1 Å². The maximum Gasteiger partial charge on any atom is 0.264 e. The van der Waals surface area contributed by atoms with Crippen molar-refractivity contribution in [2.75, 3.05) is 51.3 Å². The van der Waals surface area contributed by atoms with Gasteiger partial charge in [-0.05, 0) is 68.0 Å². The van der Waals surface area contributed by atoms with E-state index in [9.17, 15) is 24.0 Å². The van der Waals surface area contributed by atoms with Crippen LogP contribution in [0.2, 0.25) is 0 Å². The van der Waals surface area contributed by atoms with E-state index in [-0.39, 0.29) is 48.0 Å². The number of unbranched alkanes of at least 4 members (excludes halogenated alkanes) is 1. The molecule has 0 spiro atoms. The Labute approximate surface area is 355 Å². The number of hydrogen-bond donors (Lipinski definition) is 2. The maximum atomic E-state index is 15.4. The molecule has 0 radical (unpaired) electrons. The van der Waals surface area contributed by atoms with Crippen molar-refractivity contribution < 1.29 is 37.5 Å². The zero-order chi connectivity index (χ0) is 42.9. The van der Waals surface area contributed by atoms with Gasteiger partial charge >= 0.3 is 0 Å². The molecule has 3 saturated heterocycles. The number of imide groups is 2. The number of benzene rings is 3. The molecular formula is C45H45F2N9O6. The molecule has 320 valence electrons. The molecule has 15 nitrogen and oxygen atoms in total. The SMILES string of the molecule is O=C1CCC(N2C(=O)c3cccc(NCCCCC(=O)N4CCC(n5cc(-c6cnc7cccc(-c8cc(F)c(CN9CCOCC9)c(F)c8)c7n6)cn5)CC4)c3C2=O)C(=O)N1. The number of para-hydroxylation sites is 1. The van der Waals surface area contributed by atoms with Crippen molar-refractivity contribution in [2.24, 2.45) is 0 Å². The molecule has 2 aromatic heterocycles. The molecule has 0 saturated carbocycles. The third-order valence-electron chi connectivity index (χ3n) is 12.2. The number of fused-ring (bicyclic) bond motifs is 2. The lowest BCUT2D eigenvalue weighted by Gasteiger charge is -2.32. The van der Waals surface area contributed by atoms with E-state index in [1.54, 1.807) is 42.7 Å². The normalized spacial score (nSPS) is 18.7. The molecule has 5 amide bonds. The van der Waals surface area contributed by atoms with Gasteiger partial charge in [0.2, 0.25) is 17.7 Å². The van der Waals surface area contributed by atoms with E-state index in [2.05, 4.69) is 20.7 Å². The van der Waals surface area contributed by atoms with Crippen LogP contribution in [0.4, 0.5) is 14.5 Å². The summed E-state index contributed by atoms with van der Waals surface area (Å²) < 4.78 is 38.1. The van der Waals surface area contributed by atoms with Crippen LogP contribution in [0.1, 0.15) is 77.3 Å². The highest BCUT2D eigenvalue weighted by molar-refractivity contribution is 6.25. The van der Waals surface area contributed by atoms with Gasteiger partial charge in [-0.1, -0.05) is 18.2 Å². The van der Waals surface area contributed by atoms with Crippen LogP contribution in [0.15, 0.2) is 67.1 Å². The standard InChI is InChI=1S/C45H45F2N9O6/c46-33-21-27(22-34(47)32(33)26-53-17-19-62-20-18-53)30-5-3-8-36-42(30)51-37(24-49-36)28-23-50-55(25-28)29-12-15-54(16-13-29)40(58)9-1-2-14-48-35-7-4-6-31-41(35)45(61)56(44(31)60)38-10-11-39(57)52-43(38)59/h3-8,21-25,29,38,48H,1-2,9-20,26H2,(H,52,57,59). The van der Waals surface area contributed by atoms with E-state index in [0.717, 1.165) is 23.3 Å². The monoisotopic (exact) mass is 845 g/mol. The summed E-state index contributed by atoms with van der Waals surface area (Å²) in [5, 5.41) is 10.1. The molecule has 6 heterocycles. The Morgan fingerprint density at radius 1 is 0.871 bits per heavy atom. The van der Waals surface area contributed by atoms with Crippen molar-refractivity contribution >= 4 is 46.3 Å². The van der Waals surface area contributed by atoms with Gasteiger partial charge in [-0.15, -0.1) is 0 Å². The first-order valence-corrected chi connectivity index (χ1v) is 21.1. The predicted molar refractivity (Wildman–Crippen MR) is 223 cm³/mol. The van der Waals surface area contributed by atoms with Gasteiger partial charge < -0.3 is 15.0 Å². The molecule has 4 aliphatic rings. The van der Waals surface area contributed by atoms with Crippen LogP contribution in [0.3, 0.4) is 0 Å². The minimum Gasteiger partial charge on any atom is -0.384 e. The number of nitrogens with zero attached hydrogens (tertiary/aromatic N) is 7. The Morgan fingerprint density at radius 2 is 1.63 bits per heavy atom. The summed E-state index contributed by atoms with van der Waals surface area (Å²) in [7, 11) is 0. The predicted octanol–water partition coefficient (Wildman–Crippen LogP) is 5.12. The number of morpholine rings is 1. The smallest absolute Gasteiger partial charge is 0.264 e. The molecular weight excluding hydrogens is 801 g/mol. The van der Waals surface area contributed by atoms with Crippen molar-refractivity contribution in [1.29, 1.82) is 0 Å². The summed E-state index contributed by atoms with van der Waals surface area (Å²) in [6.45, 7) is 4.13. The Balaban J connectivity index is 0.771. The van der Waals surface area contributed by atoms with Gasteiger partial charge in [0.1, 0.15) is 17.7 Å². The van der Waals surface area contributed by atoms with Gasteiger partial charge in [0.15, 0.2) is 0 Å². The fraction of sp³-hybridized carbons (Fsp3) is 0.378. The molecule has 17 heteroatoms. The van der Waals surface area contributed by atoms with Crippen LogP contribution in [0.25, 0.3) is 33.4 Å². The third kappa shape index (κ3) is 8.16. The fourth-order valence-electron chi connectivity index (χ4n) is 8.79. The summed E-state index contributed by atoms with van der Waals surface area (Å²) >= 11 is 0. The molecule has 3 aromatic carbocycles. The summed E-state index contributed by atoms with van der Waals surface area (Å²) in [5.74, 6) is -3.36. The molecule has 1 atom stereocenters. The van der Waals surface area contributed by atoms with Crippen LogP contribution in [-0.4, -0.2) is 116 Å². The summed E-state index contributed by atoms with van der Waals surface area (Å²) in [6.07, 6.45) is 8.54. The van der Waals surface area contributed by atoms with Crippen molar-refractivity contribution in [3.8, 4) is 22.4 Å². The Hall–Kier alpha value is -6.46. The van der Waals surface area contributed by atoms with Crippen LogP contribution >= 0.6 is 0 Å². The zero-order valence-corrected chi connectivity index (χ0v) is 33.9. The molecule has 4 aliphatic heterocycles. The minimum atomic E-state index is -1.04. The Morgan fingerprint density at radius 3 is 2.40 bits per heavy atom. The second kappa shape index (κ2) is 17.5. The molecule has 0 bridgehead atoms. The zero-order valence-electron chi connectivity index (χ0n) is 33.9. The lowest BCUT2D eigenvalue weighted by atomic mass is 10.0. The molecule has 3 fully saturated rings. The first-order chi connectivity index (χ1) is 30.1. The average Bonchev–Trinajstić information content (AvgIpc) is 3.88. The lowest BCUT2D eigenvalue weighted by molar-refractivity contribution is -0.136. The van der Waals surface area contributed by atoms with Crippen molar-refractivity contribution in [2.45, 2.75) is 63.6 Å². The number of ether oxygens (including phenoxy) is 1. The fourth-order valence-corrected chi connectivity index (χ4v) is 8.79. The largest absolute Gasteiger partial charge is 0.384 e. The van der Waals surface area contributed by atoms with E-state index in [4.69, 9.17) is 9.72 Å². The number of carbonyl (C=O) groups excluding carboxylic acids is 5. The summed E-state index contributed by atoms with van der Waals surface area (Å²) in [5.41, 5.74) is 4.33. The first-order valence-electron chi connectivity index (χ1n) is 21.1. The number of carbonyl (C=O) groups is 5. The van der Waals surface area contributed by atoms with Gasteiger partial charge in [-0.3, -0.25) is 48.8 Å². The number of anilines is 1. The summed E-state index contributed by atoms with van der Waals surface area (Å²) in [4.78, 5) is 78.1. The van der Waals surface area contributed by atoms with Crippen LogP contribution < -0.4 is 10.6 Å². The second-order valence-electron chi connectivity index (χ2n) is 16.1. The van der Waals surface area contributed by atoms with Crippen LogP contribution in [0.5, 0.6) is 0 Å². The molecule has 2 N–H and O–H groups in total. The highest BCUT2D eigenvalue weighted by atomic mass is 19.1. The van der Waals surface area contributed by atoms with E-state index >= 15 is 8.78 Å². The molecule has 0 aliphatic carbocycles. The molecule has 9 rings (SSSR count). The Bertz CT molecular complexity index is 2560. The quantitative estimate of drug-likeness (QED) is 0.126. The lowest BCUT2D eigenvalue weighted by Crippen LogP contribution is -2.54. The van der Waals surface area contributed by atoms with E-state index in [0.29, 0.717) is 98.7 Å². The van der Waals surface area contributed by atoms with Gasteiger partial charge in [0.05, 0.1) is 59.5 Å².